The first kappa shape index (κ1) is 8.75. The Kier molecular flexibility index (Phi) is 4.04. The molecule has 10 heavy (non-hydrogen) atoms. The third-order valence-corrected chi connectivity index (χ3v) is 0.957. The minimum atomic E-state index is -1.19. The number of rotatable bonds is 4. The first-order chi connectivity index (χ1) is 4.72. The minimum Gasteiger partial charge on any atom is -0.298 e. The van der Waals surface area contributed by atoms with Gasteiger partial charge in [0.05, 0.1) is 0 Å². The molecule has 0 aliphatic carbocycles. The Labute approximate surface area is 60.3 Å². The number of hydrogen-bond acceptors (Lipinski definition) is 1. The molecule has 0 unspecified atom stereocenters. The average Bonchev–Trinajstić information content (AvgIpc) is 1.87. The summed E-state index contributed by atoms with van der Waals surface area (Å²) in [5.41, 5.74) is 0. The van der Waals surface area contributed by atoms with Gasteiger partial charge in [-0.3, -0.25) is 4.90 Å². The summed E-state index contributed by atoms with van der Waals surface area (Å²) in [6.45, 7) is 7.37. The molecule has 0 aliphatic rings. The largest absolute Gasteiger partial charge is 0.453 e. The second kappa shape index (κ2) is 4.61. The molecule has 0 aromatic heterocycles. The normalized spacial score (nSPS) is 8.40. The zero-order valence-corrected chi connectivity index (χ0v) is 5.75. The van der Waals surface area contributed by atoms with E-state index in [9.17, 15) is 9.90 Å². The molecule has 0 atom stereocenters. The second-order valence-electron chi connectivity index (χ2n) is 1.75. The van der Waals surface area contributed by atoms with Gasteiger partial charge < -0.3 is 0 Å². The summed E-state index contributed by atoms with van der Waals surface area (Å²) in [7, 11) is 0. The zero-order chi connectivity index (χ0) is 7.98. The molecule has 0 heterocycles. The summed E-state index contributed by atoms with van der Waals surface area (Å²) in [4.78, 5) is 11.3. The standard InChI is InChI=1S/C7H10NO2/c1-3-5-8(6-4-2)7(9)10/h3-4H,1-2,5-6H2. The second-order valence-corrected chi connectivity index (χ2v) is 1.75. The molecular weight excluding hydrogens is 130 g/mol. The molecule has 0 spiro atoms. The van der Waals surface area contributed by atoms with E-state index in [1.165, 1.54) is 12.2 Å². The van der Waals surface area contributed by atoms with Crippen LogP contribution in [0.5, 0.6) is 0 Å². The molecule has 3 nitrogen and oxygen atoms in total. The highest BCUT2D eigenvalue weighted by atomic mass is 16.4. The predicted octanol–water partition coefficient (Wildman–Crippen LogP) is 1.21. The van der Waals surface area contributed by atoms with Crippen LogP contribution in [0, 0.1) is 0 Å². The van der Waals surface area contributed by atoms with Gasteiger partial charge in [0, 0.05) is 13.1 Å². The summed E-state index contributed by atoms with van der Waals surface area (Å²) in [6, 6.07) is 0. The highest BCUT2D eigenvalue weighted by Gasteiger charge is 2.07. The summed E-state index contributed by atoms with van der Waals surface area (Å²) < 4.78 is 0. The van der Waals surface area contributed by atoms with Crippen LogP contribution < -0.4 is 0 Å². The molecule has 55 valence electrons. The molecule has 0 aromatic carbocycles. The van der Waals surface area contributed by atoms with E-state index < -0.39 is 6.09 Å². The first-order valence-corrected chi connectivity index (χ1v) is 2.90. The SMILES string of the molecule is C=CCN(CC=C)C([O])=O. The van der Waals surface area contributed by atoms with Crippen LogP contribution >= 0.6 is 0 Å². The van der Waals surface area contributed by atoms with Gasteiger partial charge in [-0.2, -0.15) is 0 Å². The summed E-state index contributed by atoms with van der Waals surface area (Å²) in [6.07, 6.45) is 1.80. The van der Waals surface area contributed by atoms with E-state index in [4.69, 9.17) is 0 Å². The van der Waals surface area contributed by atoms with Crippen LogP contribution in [-0.2, 0) is 5.11 Å². The van der Waals surface area contributed by atoms with Gasteiger partial charge in [0.25, 0.3) is 0 Å². The van der Waals surface area contributed by atoms with Crippen molar-refractivity contribution in [1.82, 2.24) is 4.90 Å². The fourth-order valence-electron chi connectivity index (χ4n) is 0.535. The molecule has 0 bridgehead atoms. The topological polar surface area (TPSA) is 40.2 Å². The lowest BCUT2D eigenvalue weighted by atomic mass is 10.5. The lowest BCUT2D eigenvalue weighted by Gasteiger charge is -2.11. The summed E-state index contributed by atoms with van der Waals surface area (Å²) in [5, 5.41) is 10.2. The molecule has 0 rings (SSSR count). The molecule has 0 saturated heterocycles. The van der Waals surface area contributed by atoms with Gasteiger partial charge in [0.15, 0.2) is 0 Å². The number of carbonyl (C=O) groups is 1. The van der Waals surface area contributed by atoms with E-state index in [0.717, 1.165) is 4.90 Å². The highest BCUT2D eigenvalue weighted by Crippen LogP contribution is 1.89. The van der Waals surface area contributed by atoms with Crippen molar-refractivity contribution in [3.05, 3.63) is 25.3 Å². The monoisotopic (exact) mass is 140 g/mol. The van der Waals surface area contributed by atoms with E-state index in [1.54, 1.807) is 0 Å². The van der Waals surface area contributed by atoms with Crippen LogP contribution in [0.25, 0.3) is 0 Å². The lowest BCUT2D eigenvalue weighted by molar-refractivity contribution is 0.129. The molecule has 0 fully saturated rings. The van der Waals surface area contributed by atoms with Crippen molar-refractivity contribution in [2.75, 3.05) is 13.1 Å². The Morgan fingerprint density at radius 2 is 1.70 bits per heavy atom. The first-order valence-electron chi connectivity index (χ1n) is 2.90. The Morgan fingerprint density at radius 1 is 1.30 bits per heavy atom. The van der Waals surface area contributed by atoms with Gasteiger partial charge >= 0.3 is 6.09 Å². The van der Waals surface area contributed by atoms with Gasteiger partial charge in [-0.1, -0.05) is 12.2 Å². The van der Waals surface area contributed by atoms with Crippen molar-refractivity contribution >= 4 is 6.09 Å². The number of hydrogen-bond donors (Lipinski definition) is 0. The van der Waals surface area contributed by atoms with Crippen molar-refractivity contribution in [2.24, 2.45) is 0 Å². The van der Waals surface area contributed by atoms with E-state index in [1.807, 2.05) is 0 Å². The Bertz CT molecular complexity index is 133. The van der Waals surface area contributed by atoms with E-state index in [2.05, 4.69) is 13.2 Å². The molecule has 1 radical (unpaired) electrons. The van der Waals surface area contributed by atoms with E-state index in [-0.39, 0.29) is 13.1 Å². The minimum absolute atomic E-state index is 0.286. The molecule has 3 heteroatoms. The van der Waals surface area contributed by atoms with Crippen molar-refractivity contribution in [3.63, 3.8) is 0 Å². The zero-order valence-electron chi connectivity index (χ0n) is 5.75. The summed E-state index contributed by atoms with van der Waals surface area (Å²) in [5.74, 6) is 0. The maximum atomic E-state index is 10.2. The third-order valence-electron chi connectivity index (χ3n) is 0.957. The quantitative estimate of drug-likeness (QED) is 0.541. The van der Waals surface area contributed by atoms with E-state index in [0.29, 0.717) is 0 Å². The molecular formula is C7H10NO2. The Hall–Kier alpha value is -1.25. The van der Waals surface area contributed by atoms with Crippen molar-refractivity contribution < 1.29 is 9.90 Å². The van der Waals surface area contributed by atoms with Gasteiger partial charge in [-0.15, -0.1) is 13.2 Å². The van der Waals surface area contributed by atoms with Crippen molar-refractivity contribution in [2.45, 2.75) is 0 Å². The van der Waals surface area contributed by atoms with Gasteiger partial charge in [0.2, 0.25) is 0 Å². The predicted molar refractivity (Wildman–Crippen MR) is 38.0 cm³/mol. The molecule has 0 aromatic rings. The molecule has 1 amide bonds. The number of amides is 1. The van der Waals surface area contributed by atoms with Gasteiger partial charge in [-0.05, 0) is 0 Å². The maximum Gasteiger partial charge on any atom is 0.453 e. The Balaban J connectivity index is 3.83. The summed E-state index contributed by atoms with van der Waals surface area (Å²) >= 11 is 0. The highest BCUT2D eigenvalue weighted by molar-refractivity contribution is 5.64. The van der Waals surface area contributed by atoms with Gasteiger partial charge in [-0.25, -0.2) is 9.90 Å². The van der Waals surface area contributed by atoms with Gasteiger partial charge in [0.1, 0.15) is 0 Å². The average molecular weight is 140 g/mol. The molecule has 0 N–H and O–H groups in total. The molecule has 0 saturated carbocycles. The maximum absolute atomic E-state index is 10.2. The number of carbonyl (C=O) groups excluding carboxylic acids is 1. The van der Waals surface area contributed by atoms with Crippen LogP contribution in [0.15, 0.2) is 25.3 Å². The van der Waals surface area contributed by atoms with E-state index >= 15 is 0 Å². The fraction of sp³-hybridized carbons (Fsp3) is 0.286. The van der Waals surface area contributed by atoms with Crippen LogP contribution in [0.4, 0.5) is 4.79 Å². The van der Waals surface area contributed by atoms with Crippen molar-refractivity contribution in [3.8, 4) is 0 Å². The molecule has 0 aliphatic heterocycles. The fourth-order valence-corrected chi connectivity index (χ4v) is 0.535. The number of nitrogens with zero attached hydrogens (tertiary/aromatic N) is 1. The van der Waals surface area contributed by atoms with Crippen molar-refractivity contribution in [1.29, 1.82) is 0 Å². The van der Waals surface area contributed by atoms with Crippen LogP contribution in [0.3, 0.4) is 0 Å². The Morgan fingerprint density at radius 3 is 1.90 bits per heavy atom. The van der Waals surface area contributed by atoms with Crippen LogP contribution in [-0.4, -0.2) is 24.1 Å². The third kappa shape index (κ3) is 2.91. The van der Waals surface area contributed by atoms with Crippen LogP contribution in [0.2, 0.25) is 0 Å². The lowest BCUT2D eigenvalue weighted by Crippen LogP contribution is -2.28. The van der Waals surface area contributed by atoms with Crippen LogP contribution in [0.1, 0.15) is 0 Å². The smallest absolute Gasteiger partial charge is 0.298 e.